The molecule has 1 unspecified atom stereocenters. The van der Waals surface area contributed by atoms with E-state index in [0.717, 1.165) is 24.2 Å². The lowest BCUT2D eigenvalue weighted by atomic mass is 10.0. The Bertz CT molecular complexity index is 750. The molecule has 0 aliphatic carbocycles. The second-order valence-electron chi connectivity index (χ2n) is 6.59. The van der Waals surface area contributed by atoms with E-state index in [1.807, 2.05) is 55.5 Å². The van der Waals surface area contributed by atoms with Crippen molar-refractivity contribution in [1.82, 2.24) is 10.2 Å². The number of hydrogen-bond acceptors (Lipinski definition) is 4. The molecule has 2 aromatic carbocycles. The minimum absolute atomic E-state index is 0. The standard InChI is InChI=1S/C21H25ClN2O3.ClH/c1-16-6-8-17(9-7-16)27-15-21(25)23-14-20(24-10-12-26-13-11-24)18-4-2-3-5-19(18)22;/h2-9,20H,10-15H2,1H3,(H,23,25);1H. The van der Waals surface area contributed by atoms with Gasteiger partial charge in [-0.25, -0.2) is 0 Å². The van der Waals surface area contributed by atoms with Crippen molar-refractivity contribution >= 4 is 29.9 Å². The Morgan fingerprint density at radius 1 is 1.18 bits per heavy atom. The predicted molar refractivity (Wildman–Crippen MR) is 114 cm³/mol. The van der Waals surface area contributed by atoms with Gasteiger partial charge in [-0.2, -0.15) is 0 Å². The van der Waals surface area contributed by atoms with Crippen molar-refractivity contribution in [3.63, 3.8) is 0 Å². The van der Waals surface area contributed by atoms with Crippen molar-refractivity contribution in [2.75, 3.05) is 39.5 Å². The van der Waals surface area contributed by atoms with Crippen LogP contribution in [0.5, 0.6) is 5.75 Å². The summed E-state index contributed by atoms with van der Waals surface area (Å²) in [6.45, 7) is 5.46. The minimum Gasteiger partial charge on any atom is -0.484 e. The Kier molecular flexibility index (Phi) is 9.06. The molecule has 1 N–H and O–H groups in total. The van der Waals surface area contributed by atoms with Crippen molar-refractivity contribution in [3.05, 3.63) is 64.7 Å². The maximum Gasteiger partial charge on any atom is 0.258 e. The molecule has 152 valence electrons. The zero-order chi connectivity index (χ0) is 19.1. The van der Waals surface area contributed by atoms with E-state index < -0.39 is 0 Å². The third-order valence-electron chi connectivity index (χ3n) is 4.63. The van der Waals surface area contributed by atoms with E-state index >= 15 is 0 Å². The van der Waals surface area contributed by atoms with Gasteiger partial charge in [0.2, 0.25) is 0 Å². The molecule has 0 saturated carbocycles. The van der Waals surface area contributed by atoms with Gasteiger partial charge in [-0.3, -0.25) is 9.69 Å². The minimum atomic E-state index is -0.152. The van der Waals surface area contributed by atoms with Crippen LogP contribution in [-0.2, 0) is 9.53 Å². The lowest BCUT2D eigenvalue weighted by Gasteiger charge is -2.35. The van der Waals surface area contributed by atoms with Crippen molar-refractivity contribution in [3.8, 4) is 5.75 Å². The van der Waals surface area contributed by atoms with Crippen LogP contribution in [0.3, 0.4) is 0 Å². The highest BCUT2D eigenvalue weighted by molar-refractivity contribution is 6.31. The summed E-state index contributed by atoms with van der Waals surface area (Å²) in [5, 5.41) is 3.69. The van der Waals surface area contributed by atoms with E-state index in [2.05, 4.69) is 10.2 Å². The van der Waals surface area contributed by atoms with Gasteiger partial charge >= 0.3 is 0 Å². The van der Waals surface area contributed by atoms with E-state index in [1.54, 1.807) is 0 Å². The Labute approximate surface area is 177 Å². The molecule has 1 amide bonds. The van der Waals surface area contributed by atoms with Crippen LogP contribution in [0.2, 0.25) is 5.02 Å². The summed E-state index contributed by atoms with van der Waals surface area (Å²) in [6.07, 6.45) is 0. The molecule has 1 saturated heterocycles. The van der Waals surface area contributed by atoms with Gasteiger partial charge in [0, 0.05) is 24.7 Å². The van der Waals surface area contributed by atoms with Crippen LogP contribution in [0.1, 0.15) is 17.2 Å². The molecule has 0 bridgehead atoms. The first-order valence-corrected chi connectivity index (χ1v) is 9.53. The summed E-state index contributed by atoms with van der Waals surface area (Å²) in [4.78, 5) is 14.6. The third-order valence-corrected chi connectivity index (χ3v) is 4.98. The summed E-state index contributed by atoms with van der Waals surface area (Å²) in [6, 6.07) is 15.4. The fraction of sp³-hybridized carbons (Fsp3) is 0.381. The number of nitrogens with one attached hydrogen (secondary N) is 1. The van der Waals surface area contributed by atoms with Gasteiger partial charge in [0.15, 0.2) is 6.61 Å². The number of aryl methyl sites for hydroxylation is 1. The van der Waals surface area contributed by atoms with E-state index in [4.69, 9.17) is 21.1 Å². The number of halogens is 2. The highest BCUT2D eigenvalue weighted by Gasteiger charge is 2.24. The maximum atomic E-state index is 12.3. The Balaban J connectivity index is 0.00000280. The summed E-state index contributed by atoms with van der Waals surface area (Å²) < 4.78 is 11.0. The Hall–Kier alpha value is -1.79. The van der Waals surface area contributed by atoms with Gasteiger partial charge in [-0.15, -0.1) is 12.4 Å². The molecule has 1 heterocycles. The molecule has 0 radical (unpaired) electrons. The predicted octanol–water partition coefficient (Wildman–Crippen LogP) is 3.64. The molecule has 3 rings (SSSR count). The third kappa shape index (κ3) is 6.38. The molecular weight excluding hydrogens is 399 g/mol. The first kappa shape index (κ1) is 22.5. The van der Waals surface area contributed by atoms with Crippen molar-refractivity contribution in [1.29, 1.82) is 0 Å². The first-order valence-electron chi connectivity index (χ1n) is 9.16. The molecule has 0 aromatic heterocycles. The molecule has 7 heteroatoms. The number of carbonyl (C=O) groups is 1. The van der Waals surface area contributed by atoms with Crippen molar-refractivity contribution in [2.24, 2.45) is 0 Å². The molecular formula is C21H26Cl2N2O3. The van der Waals surface area contributed by atoms with E-state index in [1.165, 1.54) is 0 Å². The average molecular weight is 425 g/mol. The molecule has 1 fully saturated rings. The van der Waals surface area contributed by atoms with Gasteiger partial charge in [0.05, 0.1) is 19.3 Å². The zero-order valence-corrected chi connectivity index (χ0v) is 17.5. The SMILES string of the molecule is Cc1ccc(OCC(=O)NCC(c2ccccc2Cl)N2CCOCC2)cc1.Cl. The van der Waals surface area contributed by atoms with Crippen LogP contribution in [0.4, 0.5) is 0 Å². The Morgan fingerprint density at radius 3 is 2.54 bits per heavy atom. The van der Waals surface area contributed by atoms with Gasteiger partial charge in [0.1, 0.15) is 5.75 Å². The Morgan fingerprint density at radius 2 is 1.86 bits per heavy atom. The van der Waals surface area contributed by atoms with Crippen LogP contribution in [0.25, 0.3) is 0 Å². The quantitative estimate of drug-likeness (QED) is 0.736. The average Bonchev–Trinajstić information content (AvgIpc) is 2.70. The summed E-state index contributed by atoms with van der Waals surface area (Å²) in [5.74, 6) is 0.535. The molecule has 0 spiro atoms. The lowest BCUT2D eigenvalue weighted by molar-refractivity contribution is -0.123. The lowest BCUT2D eigenvalue weighted by Crippen LogP contribution is -2.44. The largest absolute Gasteiger partial charge is 0.484 e. The zero-order valence-electron chi connectivity index (χ0n) is 15.9. The molecule has 1 atom stereocenters. The highest BCUT2D eigenvalue weighted by atomic mass is 35.5. The second-order valence-corrected chi connectivity index (χ2v) is 7.00. The number of carbonyl (C=O) groups excluding carboxylic acids is 1. The smallest absolute Gasteiger partial charge is 0.258 e. The number of nitrogens with zero attached hydrogens (tertiary/aromatic N) is 1. The molecule has 1 aliphatic rings. The van der Waals surface area contributed by atoms with Crippen LogP contribution in [0, 0.1) is 6.92 Å². The fourth-order valence-electron chi connectivity index (χ4n) is 3.12. The van der Waals surface area contributed by atoms with E-state index in [-0.39, 0.29) is 31.0 Å². The van der Waals surface area contributed by atoms with Gasteiger partial charge in [-0.1, -0.05) is 47.5 Å². The highest BCUT2D eigenvalue weighted by Crippen LogP contribution is 2.27. The summed E-state index contributed by atoms with van der Waals surface area (Å²) in [7, 11) is 0. The van der Waals surface area contributed by atoms with Crippen LogP contribution in [-0.4, -0.2) is 50.3 Å². The molecule has 28 heavy (non-hydrogen) atoms. The summed E-state index contributed by atoms with van der Waals surface area (Å²) >= 11 is 6.41. The molecule has 1 aliphatic heterocycles. The normalized spacial score (nSPS) is 15.4. The molecule has 2 aromatic rings. The van der Waals surface area contributed by atoms with Gasteiger partial charge in [0.25, 0.3) is 5.91 Å². The van der Waals surface area contributed by atoms with Crippen molar-refractivity contribution < 1.29 is 14.3 Å². The number of amides is 1. The number of morpholine rings is 1. The second kappa shape index (κ2) is 11.3. The maximum absolute atomic E-state index is 12.3. The number of hydrogen-bond donors (Lipinski definition) is 1. The van der Waals surface area contributed by atoms with Crippen molar-refractivity contribution in [2.45, 2.75) is 13.0 Å². The topological polar surface area (TPSA) is 50.8 Å². The van der Waals surface area contributed by atoms with E-state index in [0.29, 0.717) is 30.5 Å². The van der Waals surface area contributed by atoms with Crippen LogP contribution < -0.4 is 10.1 Å². The van der Waals surface area contributed by atoms with E-state index in [9.17, 15) is 4.79 Å². The molecule has 5 nitrogen and oxygen atoms in total. The first-order chi connectivity index (χ1) is 13.1. The van der Waals surface area contributed by atoms with Crippen LogP contribution in [0.15, 0.2) is 48.5 Å². The monoisotopic (exact) mass is 424 g/mol. The number of benzene rings is 2. The van der Waals surface area contributed by atoms with Crippen LogP contribution >= 0.6 is 24.0 Å². The van der Waals surface area contributed by atoms with Gasteiger partial charge in [-0.05, 0) is 30.7 Å². The number of rotatable bonds is 7. The fourth-order valence-corrected chi connectivity index (χ4v) is 3.38. The summed E-state index contributed by atoms with van der Waals surface area (Å²) in [5.41, 5.74) is 2.17. The van der Waals surface area contributed by atoms with Gasteiger partial charge < -0.3 is 14.8 Å². The number of ether oxygens (including phenoxy) is 2.